The van der Waals surface area contributed by atoms with E-state index in [4.69, 9.17) is 0 Å². The highest BCUT2D eigenvalue weighted by Gasteiger charge is 2.29. The largest absolute Gasteiger partial charge is 0.382 e. The fraction of sp³-hybridized carbons (Fsp3) is 0.429. The summed E-state index contributed by atoms with van der Waals surface area (Å²) < 4.78 is 13.6. The van der Waals surface area contributed by atoms with E-state index in [-0.39, 0.29) is 18.2 Å². The van der Waals surface area contributed by atoms with Crippen LogP contribution in [0.5, 0.6) is 0 Å². The highest BCUT2D eigenvalue weighted by atomic mass is 35.5. The molecule has 1 N–H and O–H groups in total. The quantitative estimate of drug-likeness (QED) is 0.856. The summed E-state index contributed by atoms with van der Waals surface area (Å²) in [5, 5.41) is 3.50. The molecule has 0 aromatic heterocycles. The van der Waals surface area contributed by atoms with Crippen molar-refractivity contribution in [2.75, 3.05) is 42.9 Å². The highest BCUT2D eigenvalue weighted by molar-refractivity contribution is 5.85. The van der Waals surface area contributed by atoms with Crippen LogP contribution in [0.15, 0.2) is 48.5 Å². The molecule has 0 amide bonds. The summed E-state index contributed by atoms with van der Waals surface area (Å²) in [6, 6.07) is 16.2. The van der Waals surface area contributed by atoms with E-state index >= 15 is 0 Å². The van der Waals surface area contributed by atoms with Crippen molar-refractivity contribution in [3.05, 3.63) is 59.9 Å². The van der Waals surface area contributed by atoms with Crippen LogP contribution in [0.4, 0.5) is 15.8 Å². The van der Waals surface area contributed by atoms with E-state index < -0.39 is 0 Å². The molecule has 1 fully saturated rings. The van der Waals surface area contributed by atoms with Crippen molar-refractivity contribution in [3.8, 4) is 0 Å². The Bertz CT molecular complexity index is 716. The van der Waals surface area contributed by atoms with Gasteiger partial charge < -0.3 is 10.2 Å². The third kappa shape index (κ3) is 3.97. The number of rotatable bonds is 4. The molecule has 0 saturated carbocycles. The lowest BCUT2D eigenvalue weighted by Crippen LogP contribution is -2.47. The van der Waals surface area contributed by atoms with Crippen molar-refractivity contribution in [2.45, 2.75) is 25.3 Å². The Balaban J connectivity index is 0.00000196. The molecule has 140 valence electrons. The first kappa shape index (κ1) is 19.0. The van der Waals surface area contributed by atoms with E-state index in [1.54, 1.807) is 12.1 Å². The van der Waals surface area contributed by atoms with Crippen LogP contribution in [0.3, 0.4) is 0 Å². The SMILES string of the molecule is C[C@@H]1Nc2ccc(F)cc2[C@@H]1CCN1CCN(c2ccccc2)CC1.Cl. The van der Waals surface area contributed by atoms with Gasteiger partial charge in [-0.1, -0.05) is 18.2 Å². The molecule has 0 unspecified atom stereocenters. The fourth-order valence-electron chi connectivity index (χ4n) is 4.18. The third-order valence-corrected chi connectivity index (χ3v) is 5.65. The maximum atomic E-state index is 13.6. The van der Waals surface area contributed by atoms with Crippen molar-refractivity contribution in [1.82, 2.24) is 4.90 Å². The normalized spacial score (nSPS) is 22.5. The van der Waals surface area contributed by atoms with Gasteiger partial charge in [0, 0.05) is 49.5 Å². The Labute approximate surface area is 161 Å². The third-order valence-electron chi connectivity index (χ3n) is 5.65. The van der Waals surface area contributed by atoms with Gasteiger partial charge in [0.15, 0.2) is 0 Å². The summed E-state index contributed by atoms with van der Waals surface area (Å²) in [5.41, 5.74) is 3.57. The second-order valence-corrected chi connectivity index (χ2v) is 7.22. The second-order valence-electron chi connectivity index (χ2n) is 7.22. The smallest absolute Gasteiger partial charge is 0.123 e. The summed E-state index contributed by atoms with van der Waals surface area (Å²) >= 11 is 0. The molecule has 1 saturated heterocycles. The average molecular weight is 376 g/mol. The van der Waals surface area contributed by atoms with Gasteiger partial charge in [0.2, 0.25) is 0 Å². The molecule has 5 heteroatoms. The summed E-state index contributed by atoms with van der Waals surface area (Å²) in [7, 11) is 0. The van der Waals surface area contributed by atoms with Gasteiger partial charge in [0.05, 0.1) is 0 Å². The number of anilines is 2. The van der Waals surface area contributed by atoms with Crippen molar-refractivity contribution in [1.29, 1.82) is 0 Å². The van der Waals surface area contributed by atoms with Crippen molar-refractivity contribution in [2.24, 2.45) is 0 Å². The van der Waals surface area contributed by atoms with Crippen LogP contribution in [0.25, 0.3) is 0 Å². The maximum Gasteiger partial charge on any atom is 0.123 e. The number of hydrogen-bond acceptors (Lipinski definition) is 3. The lowest BCUT2D eigenvalue weighted by atomic mass is 9.92. The van der Waals surface area contributed by atoms with E-state index in [1.165, 1.54) is 5.69 Å². The molecule has 2 aromatic rings. The number of fused-ring (bicyclic) bond motifs is 1. The Kier molecular flexibility index (Phi) is 6.05. The van der Waals surface area contributed by atoms with Gasteiger partial charge in [-0.05, 0) is 55.8 Å². The van der Waals surface area contributed by atoms with E-state index in [0.29, 0.717) is 12.0 Å². The van der Waals surface area contributed by atoms with Crippen molar-refractivity contribution in [3.63, 3.8) is 0 Å². The number of hydrogen-bond donors (Lipinski definition) is 1. The van der Waals surface area contributed by atoms with Gasteiger partial charge in [-0.2, -0.15) is 0 Å². The molecule has 26 heavy (non-hydrogen) atoms. The number of para-hydroxylation sites is 1. The molecule has 0 spiro atoms. The number of piperazine rings is 1. The summed E-state index contributed by atoms with van der Waals surface area (Å²) in [4.78, 5) is 5.00. The molecular weight excluding hydrogens is 349 g/mol. The zero-order valence-electron chi connectivity index (χ0n) is 15.2. The number of nitrogens with one attached hydrogen (secondary N) is 1. The van der Waals surface area contributed by atoms with Crippen LogP contribution in [-0.4, -0.2) is 43.7 Å². The van der Waals surface area contributed by atoms with E-state index in [2.05, 4.69) is 52.4 Å². The zero-order valence-corrected chi connectivity index (χ0v) is 16.0. The highest BCUT2D eigenvalue weighted by Crippen LogP contribution is 2.38. The second kappa shape index (κ2) is 8.28. The first-order valence-electron chi connectivity index (χ1n) is 9.29. The Morgan fingerprint density at radius 2 is 1.77 bits per heavy atom. The predicted molar refractivity (Wildman–Crippen MR) is 109 cm³/mol. The van der Waals surface area contributed by atoms with Gasteiger partial charge in [-0.15, -0.1) is 12.4 Å². The number of halogens is 2. The molecule has 2 atom stereocenters. The van der Waals surface area contributed by atoms with Crippen LogP contribution in [0, 0.1) is 5.82 Å². The Hall–Kier alpha value is -1.78. The molecule has 0 aliphatic carbocycles. The monoisotopic (exact) mass is 375 g/mol. The molecule has 0 bridgehead atoms. The summed E-state index contributed by atoms with van der Waals surface area (Å²) in [6.07, 6.45) is 1.08. The van der Waals surface area contributed by atoms with Gasteiger partial charge in [-0.3, -0.25) is 4.90 Å². The van der Waals surface area contributed by atoms with Crippen LogP contribution in [0.2, 0.25) is 0 Å². The Morgan fingerprint density at radius 3 is 2.50 bits per heavy atom. The van der Waals surface area contributed by atoms with E-state index in [1.807, 2.05) is 6.07 Å². The molecular formula is C21H27ClFN3. The molecule has 0 radical (unpaired) electrons. The first-order valence-corrected chi connectivity index (χ1v) is 9.29. The topological polar surface area (TPSA) is 18.5 Å². The molecule has 2 aliphatic rings. The lowest BCUT2D eigenvalue weighted by Gasteiger charge is -2.36. The molecule has 2 heterocycles. The van der Waals surface area contributed by atoms with E-state index in [0.717, 1.165) is 50.4 Å². The van der Waals surface area contributed by atoms with Gasteiger partial charge in [-0.25, -0.2) is 4.39 Å². The molecule has 2 aromatic carbocycles. The Morgan fingerprint density at radius 1 is 1.04 bits per heavy atom. The van der Waals surface area contributed by atoms with Gasteiger partial charge in [0.1, 0.15) is 5.82 Å². The summed E-state index contributed by atoms with van der Waals surface area (Å²) in [5.74, 6) is 0.272. The van der Waals surface area contributed by atoms with Gasteiger partial charge >= 0.3 is 0 Å². The maximum absolute atomic E-state index is 13.6. The van der Waals surface area contributed by atoms with Crippen LogP contribution < -0.4 is 10.2 Å². The first-order chi connectivity index (χ1) is 12.2. The zero-order chi connectivity index (χ0) is 17.2. The van der Waals surface area contributed by atoms with Gasteiger partial charge in [0.25, 0.3) is 0 Å². The minimum absolute atomic E-state index is 0. The van der Waals surface area contributed by atoms with Crippen LogP contribution in [0.1, 0.15) is 24.8 Å². The molecule has 4 rings (SSSR count). The predicted octanol–water partition coefficient (Wildman–Crippen LogP) is 4.36. The van der Waals surface area contributed by atoms with E-state index in [9.17, 15) is 4.39 Å². The van der Waals surface area contributed by atoms with Crippen LogP contribution >= 0.6 is 12.4 Å². The number of benzene rings is 2. The van der Waals surface area contributed by atoms with Crippen molar-refractivity contribution >= 4 is 23.8 Å². The van der Waals surface area contributed by atoms with Crippen molar-refractivity contribution < 1.29 is 4.39 Å². The van der Waals surface area contributed by atoms with Crippen LogP contribution in [-0.2, 0) is 0 Å². The fourth-order valence-corrected chi connectivity index (χ4v) is 4.18. The number of nitrogens with zero attached hydrogens (tertiary/aromatic N) is 2. The minimum Gasteiger partial charge on any atom is -0.382 e. The lowest BCUT2D eigenvalue weighted by molar-refractivity contribution is 0.247. The average Bonchev–Trinajstić information content (AvgIpc) is 2.96. The minimum atomic E-state index is -0.129. The summed E-state index contributed by atoms with van der Waals surface area (Å²) in [6.45, 7) is 7.63. The molecule has 2 aliphatic heterocycles. The molecule has 3 nitrogen and oxygen atoms in total. The standard InChI is InChI=1S/C21H26FN3.ClH/c1-16-19(20-15-17(22)7-8-21(20)23-16)9-10-24-11-13-25(14-12-24)18-5-3-2-4-6-18;/h2-8,15-16,19,23H,9-14H2,1H3;1H/t16-,19+;/m0./s1.